The molecule has 0 spiro atoms. The van der Waals surface area contributed by atoms with Gasteiger partial charge in [0.1, 0.15) is 6.04 Å². The average molecular weight is 668 g/mol. The minimum absolute atomic E-state index is 0.0260. The number of hydrogen-bond acceptors (Lipinski definition) is 4. The quantitative estimate of drug-likeness (QED) is 0.134. The maximum Gasteiger partial charge on any atom is 0.108 e. The molecule has 4 aromatic rings. The van der Waals surface area contributed by atoms with E-state index in [1.54, 1.807) is 6.21 Å². The Hall–Kier alpha value is -5.81. The van der Waals surface area contributed by atoms with Gasteiger partial charge in [-0.3, -0.25) is 4.99 Å². The van der Waals surface area contributed by atoms with Gasteiger partial charge in [-0.1, -0.05) is 117 Å². The lowest BCUT2D eigenvalue weighted by Gasteiger charge is -2.30. The van der Waals surface area contributed by atoms with Gasteiger partial charge in [-0.2, -0.15) is 0 Å². The van der Waals surface area contributed by atoms with Gasteiger partial charge >= 0.3 is 0 Å². The Morgan fingerprint density at radius 1 is 0.922 bits per heavy atom. The molecule has 2 atom stereocenters. The Kier molecular flexibility index (Phi) is 8.57. The van der Waals surface area contributed by atoms with E-state index in [4.69, 9.17) is 11.5 Å². The van der Waals surface area contributed by atoms with Crippen molar-refractivity contribution >= 4 is 11.8 Å². The molecule has 6 N–H and O–H groups in total. The molecular weight excluding hydrogens is 623 g/mol. The minimum atomic E-state index is -0.104. The second-order valence-corrected chi connectivity index (χ2v) is 14.4. The molecular formula is C46H45N5. The number of rotatable bonds is 9. The predicted octanol–water partition coefficient (Wildman–Crippen LogP) is 9.06. The highest BCUT2D eigenvalue weighted by molar-refractivity contribution is 5.81. The maximum atomic E-state index is 6.88. The lowest BCUT2D eigenvalue weighted by Crippen LogP contribution is -2.29. The standard InChI is InChI=1S/C46H45N5/c1-46(2)39-12-4-3-11-37(39)38-24-21-35(28-40(38)46)42-25-22-33-19-18-32(44(48)45(33)51-42)9-5-8-30-14-16-31(17-15-30)34(20-23-36-10-6-26-49-36)29-41(47)43-13-7-27-50-43/h3-7,9-17,20-22,24-29,42-43,49,51H,8,18-19,23,47-48H2,1-2H3/b9-5-,34-20+,41-29-. The van der Waals surface area contributed by atoms with Crippen molar-refractivity contribution in [1.29, 1.82) is 0 Å². The molecule has 0 saturated carbocycles. The van der Waals surface area contributed by atoms with Gasteiger partial charge in [-0.15, -0.1) is 0 Å². The van der Waals surface area contributed by atoms with Crippen LogP contribution in [-0.4, -0.2) is 17.2 Å². The summed E-state index contributed by atoms with van der Waals surface area (Å²) in [6.45, 7) is 4.67. The molecule has 51 heavy (non-hydrogen) atoms. The van der Waals surface area contributed by atoms with Crippen LogP contribution in [-0.2, 0) is 18.3 Å². The van der Waals surface area contributed by atoms with Gasteiger partial charge in [0.25, 0.3) is 0 Å². The molecule has 0 radical (unpaired) electrons. The number of aromatic amines is 1. The SMILES string of the molecule is CC1(C)c2ccccc2-c2ccc(C3C=CC4=C(N3)C(N)=C(/C=C\Cc3ccc(C(/C=C(\N)C5C=CC=N5)=C/Cc5ccc[nH]5)cc3)CC4)cc21. The molecule has 0 bridgehead atoms. The number of allylic oxidation sites excluding steroid dienone is 9. The van der Waals surface area contributed by atoms with Gasteiger partial charge in [-0.05, 0) is 99.2 Å². The molecule has 2 aliphatic carbocycles. The van der Waals surface area contributed by atoms with Gasteiger partial charge in [0.05, 0.1) is 17.4 Å². The first kappa shape index (κ1) is 32.4. The highest BCUT2D eigenvalue weighted by Crippen LogP contribution is 2.49. The zero-order valence-electron chi connectivity index (χ0n) is 29.4. The highest BCUT2D eigenvalue weighted by Gasteiger charge is 2.36. The Balaban J connectivity index is 0.958. The molecule has 1 aromatic heterocycles. The van der Waals surface area contributed by atoms with Crippen LogP contribution in [0.3, 0.4) is 0 Å². The third-order valence-electron chi connectivity index (χ3n) is 10.8. The topological polar surface area (TPSA) is 92.2 Å². The molecule has 0 fully saturated rings. The molecule has 8 rings (SSSR count). The predicted molar refractivity (Wildman–Crippen MR) is 212 cm³/mol. The average Bonchev–Trinajstić information content (AvgIpc) is 3.93. The molecule has 2 aliphatic heterocycles. The number of nitrogens with one attached hydrogen (secondary N) is 2. The van der Waals surface area contributed by atoms with Gasteiger partial charge < -0.3 is 21.8 Å². The summed E-state index contributed by atoms with van der Waals surface area (Å²) in [7, 11) is 0. The summed E-state index contributed by atoms with van der Waals surface area (Å²) < 4.78 is 0. The van der Waals surface area contributed by atoms with Crippen molar-refractivity contribution in [2.24, 2.45) is 16.5 Å². The third kappa shape index (κ3) is 6.36. The first-order valence-corrected chi connectivity index (χ1v) is 18.0. The molecule has 5 nitrogen and oxygen atoms in total. The van der Waals surface area contributed by atoms with Crippen molar-refractivity contribution in [3.63, 3.8) is 0 Å². The fourth-order valence-electron chi connectivity index (χ4n) is 7.85. The van der Waals surface area contributed by atoms with Crippen molar-refractivity contribution in [3.8, 4) is 11.1 Å². The van der Waals surface area contributed by atoms with Gasteiger partial charge in [0.2, 0.25) is 0 Å². The number of nitrogens with two attached hydrogens (primary N) is 2. The highest BCUT2D eigenvalue weighted by atomic mass is 15.0. The van der Waals surface area contributed by atoms with Crippen molar-refractivity contribution in [1.82, 2.24) is 10.3 Å². The van der Waals surface area contributed by atoms with Crippen LogP contribution in [0.25, 0.3) is 16.7 Å². The zero-order chi connectivity index (χ0) is 35.0. The van der Waals surface area contributed by atoms with Crippen LogP contribution in [0, 0.1) is 0 Å². The molecule has 0 saturated heterocycles. The summed E-state index contributed by atoms with van der Waals surface area (Å²) in [5.74, 6) is 0. The molecule has 4 aliphatic rings. The summed E-state index contributed by atoms with van der Waals surface area (Å²) in [4.78, 5) is 7.74. The zero-order valence-corrected chi connectivity index (χ0v) is 29.4. The molecule has 3 heterocycles. The van der Waals surface area contributed by atoms with Crippen LogP contribution in [0.5, 0.6) is 0 Å². The van der Waals surface area contributed by atoms with Crippen LogP contribution in [0.2, 0.25) is 0 Å². The van der Waals surface area contributed by atoms with E-state index in [1.165, 1.54) is 44.5 Å². The lowest BCUT2D eigenvalue weighted by molar-refractivity contribution is 0.649. The van der Waals surface area contributed by atoms with Crippen molar-refractivity contribution in [3.05, 3.63) is 195 Å². The smallest absolute Gasteiger partial charge is 0.108 e. The fraction of sp³-hybridized carbons (Fsp3) is 0.196. The summed E-state index contributed by atoms with van der Waals surface area (Å²) >= 11 is 0. The first-order valence-electron chi connectivity index (χ1n) is 18.0. The van der Waals surface area contributed by atoms with Crippen molar-refractivity contribution < 1.29 is 0 Å². The largest absolute Gasteiger partial charge is 0.400 e. The Labute approximate surface area is 301 Å². The van der Waals surface area contributed by atoms with Crippen LogP contribution in [0.15, 0.2) is 167 Å². The van der Waals surface area contributed by atoms with E-state index in [0.717, 1.165) is 59.6 Å². The van der Waals surface area contributed by atoms with E-state index >= 15 is 0 Å². The summed E-state index contributed by atoms with van der Waals surface area (Å²) in [5, 5.41) is 3.81. The van der Waals surface area contributed by atoms with Gasteiger partial charge in [-0.25, -0.2) is 0 Å². The number of fused-ring (bicyclic) bond motifs is 3. The number of benzene rings is 3. The minimum Gasteiger partial charge on any atom is -0.400 e. The Morgan fingerprint density at radius 3 is 2.57 bits per heavy atom. The Bertz CT molecular complexity index is 2200. The summed E-state index contributed by atoms with van der Waals surface area (Å²) in [6, 6.07) is 28.6. The number of hydrogen-bond donors (Lipinski definition) is 4. The van der Waals surface area contributed by atoms with Gasteiger partial charge in [0.15, 0.2) is 0 Å². The van der Waals surface area contributed by atoms with Crippen LogP contribution in [0.4, 0.5) is 0 Å². The lowest BCUT2D eigenvalue weighted by atomic mass is 9.81. The number of nitrogens with zero attached hydrogens (tertiary/aromatic N) is 1. The Morgan fingerprint density at radius 2 is 1.76 bits per heavy atom. The summed E-state index contributed by atoms with van der Waals surface area (Å²) in [6.07, 6.45) is 24.6. The number of aromatic nitrogens is 1. The number of H-pyrrole nitrogens is 1. The van der Waals surface area contributed by atoms with E-state index in [2.05, 4.69) is 138 Å². The third-order valence-corrected chi connectivity index (χ3v) is 10.8. The van der Waals surface area contributed by atoms with Crippen molar-refractivity contribution in [2.45, 2.75) is 57.0 Å². The molecule has 2 unspecified atom stereocenters. The van der Waals surface area contributed by atoms with Crippen molar-refractivity contribution in [2.75, 3.05) is 0 Å². The number of aliphatic imine (C=N–C) groups is 1. The van der Waals surface area contributed by atoms with Crippen LogP contribution in [0.1, 0.15) is 66.2 Å². The molecule has 3 aromatic carbocycles. The normalized spacial score (nSPS) is 20.6. The first-order chi connectivity index (χ1) is 24.8. The van der Waals surface area contributed by atoms with E-state index in [1.807, 2.05) is 24.4 Å². The molecule has 254 valence electrons. The van der Waals surface area contributed by atoms with E-state index in [0.29, 0.717) is 0 Å². The molecule has 0 amide bonds. The second kappa shape index (κ2) is 13.5. The monoisotopic (exact) mass is 667 g/mol. The fourth-order valence-corrected chi connectivity index (χ4v) is 7.85. The molecule has 5 heteroatoms. The second-order valence-electron chi connectivity index (χ2n) is 14.4. The van der Waals surface area contributed by atoms with Gasteiger partial charge in [0, 0.05) is 35.6 Å². The van der Waals surface area contributed by atoms with E-state index in [9.17, 15) is 0 Å². The van der Waals surface area contributed by atoms with Crippen LogP contribution >= 0.6 is 0 Å². The van der Waals surface area contributed by atoms with Crippen LogP contribution < -0.4 is 16.8 Å². The number of dihydropyridines is 1. The van der Waals surface area contributed by atoms with E-state index < -0.39 is 0 Å². The maximum absolute atomic E-state index is 6.88. The van der Waals surface area contributed by atoms with E-state index in [-0.39, 0.29) is 17.5 Å². The summed E-state index contributed by atoms with van der Waals surface area (Å²) in [5.41, 5.74) is 29.8.